The van der Waals surface area contributed by atoms with Crippen LogP contribution >= 0.6 is 15.9 Å². The van der Waals surface area contributed by atoms with Crippen molar-refractivity contribution in [1.29, 1.82) is 0 Å². The van der Waals surface area contributed by atoms with Gasteiger partial charge >= 0.3 is 0 Å². The molecule has 2 aromatic heterocycles. The number of nitrogens with zero attached hydrogens (tertiary/aromatic N) is 3. The third-order valence-corrected chi connectivity index (χ3v) is 2.12. The van der Waals surface area contributed by atoms with E-state index in [9.17, 15) is 0 Å². The fourth-order valence-corrected chi connectivity index (χ4v) is 1.75. The van der Waals surface area contributed by atoms with Crippen LogP contribution in [0.2, 0.25) is 0 Å². The minimum atomic E-state index is 0.802. The van der Waals surface area contributed by atoms with Crippen LogP contribution < -0.4 is 0 Å². The van der Waals surface area contributed by atoms with Gasteiger partial charge in [0.15, 0.2) is 5.65 Å². The molecule has 4 heteroatoms. The molecule has 2 aromatic rings. The van der Waals surface area contributed by atoms with Crippen molar-refractivity contribution in [2.45, 2.75) is 13.8 Å². The van der Waals surface area contributed by atoms with Crippen molar-refractivity contribution in [2.75, 3.05) is 0 Å². The molecule has 0 bridgehead atoms. The number of hydrogen-bond donors (Lipinski definition) is 0. The smallest absolute Gasteiger partial charge is 0.158 e. The predicted octanol–water partition coefficient (Wildman–Crippen LogP) is 2.11. The SMILES string of the molecule is Cc1nc2c(C)cc(Br)cn2n1. The molecule has 0 unspecified atom stereocenters. The molecule has 2 heterocycles. The summed E-state index contributed by atoms with van der Waals surface area (Å²) >= 11 is 3.40. The Morgan fingerprint density at radius 2 is 2.17 bits per heavy atom. The van der Waals surface area contributed by atoms with Gasteiger partial charge in [0, 0.05) is 10.7 Å². The highest BCUT2D eigenvalue weighted by molar-refractivity contribution is 9.10. The lowest BCUT2D eigenvalue weighted by Crippen LogP contribution is -1.89. The van der Waals surface area contributed by atoms with E-state index in [4.69, 9.17) is 0 Å². The number of rotatable bonds is 0. The lowest BCUT2D eigenvalue weighted by atomic mass is 10.3. The second-order valence-corrected chi connectivity index (χ2v) is 3.68. The van der Waals surface area contributed by atoms with Crippen molar-refractivity contribution in [2.24, 2.45) is 0 Å². The zero-order valence-electron chi connectivity index (χ0n) is 6.87. The molecule has 0 amide bonds. The normalized spacial score (nSPS) is 10.9. The van der Waals surface area contributed by atoms with Gasteiger partial charge < -0.3 is 0 Å². The third-order valence-electron chi connectivity index (χ3n) is 1.69. The summed E-state index contributed by atoms with van der Waals surface area (Å²) in [6, 6.07) is 2.03. The molecule has 0 atom stereocenters. The molecule has 62 valence electrons. The first-order valence-corrected chi connectivity index (χ1v) is 4.45. The van der Waals surface area contributed by atoms with Gasteiger partial charge in [-0.3, -0.25) is 0 Å². The van der Waals surface area contributed by atoms with Gasteiger partial charge in [-0.2, -0.15) is 5.10 Å². The molecule has 0 radical (unpaired) electrons. The molecule has 12 heavy (non-hydrogen) atoms. The van der Waals surface area contributed by atoms with Gasteiger partial charge in [0.2, 0.25) is 0 Å². The van der Waals surface area contributed by atoms with E-state index >= 15 is 0 Å². The minimum absolute atomic E-state index is 0.802. The lowest BCUT2D eigenvalue weighted by Gasteiger charge is -1.96. The quantitative estimate of drug-likeness (QED) is 0.688. The zero-order valence-corrected chi connectivity index (χ0v) is 8.46. The number of halogens is 1. The van der Waals surface area contributed by atoms with E-state index in [-0.39, 0.29) is 0 Å². The maximum absolute atomic E-state index is 4.28. The van der Waals surface area contributed by atoms with E-state index in [2.05, 4.69) is 26.0 Å². The topological polar surface area (TPSA) is 30.2 Å². The van der Waals surface area contributed by atoms with Gasteiger partial charge in [-0.05, 0) is 41.4 Å². The first-order chi connectivity index (χ1) is 5.66. The number of aromatic nitrogens is 3. The molecule has 0 aliphatic heterocycles. The van der Waals surface area contributed by atoms with Crippen LogP contribution in [0.1, 0.15) is 11.4 Å². The molecule has 2 rings (SSSR count). The van der Waals surface area contributed by atoms with Crippen molar-refractivity contribution < 1.29 is 0 Å². The first-order valence-electron chi connectivity index (χ1n) is 3.66. The van der Waals surface area contributed by atoms with Crippen LogP contribution in [0.25, 0.3) is 5.65 Å². The lowest BCUT2D eigenvalue weighted by molar-refractivity contribution is 0.923. The van der Waals surface area contributed by atoms with E-state index in [1.807, 2.05) is 26.1 Å². The van der Waals surface area contributed by atoms with Crippen molar-refractivity contribution in [3.63, 3.8) is 0 Å². The molecule has 0 saturated carbocycles. The van der Waals surface area contributed by atoms with Crippen molar-refractivity contribution in [1.82, 2.24) is 14.6 Å². The van der Waals surface area contributed by atoms with Gasteiger partial charge in [-0.1, -0.05) is 0 Å². The van der Waals surface area contributed by atoms with E-state index in [0.29, 0.717) is 0 Å². The van der Waals surface area contributed by atoms with E-state index in [0.717, 1.165) is 21.5 Å². The number of hydrogen-bond acceptors (Lipinski definition) is 2. The third kappa shape index (κ3) is 1.12. The summed E-state index contributed by atoms with van der Waals surface area (Å²) in [5.41, 5.74) is 2.06. The Labute approximate surface area is 78.6 Å². The number of pyridine rings is 1. The molecular weight excluding hydrogens is 218 g/mol. The Morgan fingerprint density at radius 3 is 2.92 bits per heavy atom. The molecule has 0 N–H and O–H groups in total. The molecule has 0 aliphatic carbocycles. The summed E-state index contributed by atoms with van der Waals surface area (Å²) < 4.78 is 2.81. The summed E-state index contributed by atoms with van der Waals surface area (Å²) in [5.74, 6) is 0.802. The van der Waals surface area contributed by atoms with Gasteiger partial charge in [0.25, 0.3) is 0 Å². The summed E-state index contributed by atoms with van der Waals surface area (Å²) in [4.78, 5) is 4.28. The Kier molecular flexibility index (Phi) is 1.65. The largest absolute Gasteiger partial charge is 0.219 e. The number of aryl methyl sites for hydroxylation is 2. The average Bonchev–Trinajstić information content (AvgIpc) is 2.29. The fourth-order valence-electron chi connectivity index (χ4n) is 1.21. The Hall–Kier alpha value is -0.900. The Morgan fingerprint density at radius 1 is 1.42 bits per heavy atom. The van der Waals surface area contributed by atoms with Gasteiger partial charge in [-0.15, -0.1) is 0 Å². The highest BCUT2D eigenvalue weighted by Crippen LogP contribution is 2.15. The predicted molar refractivity (Wildman–Crippen MR) is 50.2 cm³/mol. The highest BCUT2D eigenvalue weighted by atomic mass is 79.9. The molecule has 0 aromatic carbocycles. The second kappa shape index (κ2) is 2.55. The van der Waals surface area contributed by atoms with E-state index < -0.39 is 0 Å². The second-order valence-electron chi connectivity index (χ2n) is 2.77. The standard InChI is InChI=1S/C8H8BrN3/c1-5-3-7(9)4-12-8(5)10-6(2)11-12/h3-4H,1-2H3. The maximum atomic E-state index is 4.28. The van der Waals surface area contributed by atoms with Crippen LogP contribution in [0, 0.1) is 13.8 Å². The Bertz CT molecular complexity index is 433. The van der Waals surface area contributed by atoms with Crippen LogP contribution in [0.3, 0.4) is 0 Å². The summed E-state index contributed by atoms with van der Waals surface area (Å²) in [5, 5.41) is 4.21. The molecule has 0 spiro atoms. The first kappa shape index (κ1) is 7.73. The molecule has 0 fully saturated rings. The van der Waals surface area contributed by atoms with Crippen LogP contribution in [0.4, 0.5) is 0 Å². The Balaban J connectivity index is 2.88. The van der Waals surface area contributed by atoms with Crippen molar-refractivity contribution in [3.8, 4) is 0 Å². The van der Waals surface area contributed by atoms with Crippen molar-refractivity contribution >= 4 is 21.6 Å². The van der Waals surface area contributed by atoms with Gasteiger partial charge in [0.05, 0.1) is 0 Å². The van der Waals surface area contributed by atoms with Crippen LogP contribution in [-0.2, 0) is 0 Å². The monoisotopic (exact) mass is 225 g/mol. The van der Waals surface area contributed by atoms with E-state index in [1.54, 1.807) is 4.52 Å². The minimum Gasteiger partial charge on any atom is -0.219 e. The summed E-state index contributed by atoms with van der Waals surface area (Å²) in [6.45, 7) is 3.91. The number of fused-ring (bicyclic) bond motifs is 1. The maximum Gasteiger partial charge on any atom is 0.158 e. The van der Waals surface area contributed by atoms with Gasteiger partial charge in [0.1, 0.15) is 5.82 Å². The molecule has 0 saturated heterocycles. The average molecular weight is 226 g/mol. The van der Waals surface area contributed by atoms with Crippen LogP contribution in [0.5, 0.6) is 0 Å². The molecular formula is C8H8BrN3. The zero-order chi connectivity index (χ0) is 8.72. The van der Waals surface area contributed by atoms with Gasteiger partial charge in [-0.25, -0.2) is 9.50 Å². The highest BCUT2D eigenvalue weighted by Gasteiger charge is 2.02. The van der Waals surface area contributed by atoms with Crippen molar-refractivity contribution in [3.05, 3.63) is 28.1 Å². The van der Waals surface area contributed by atoms with Crippen LogP contribution in [0.15, 0.2) is 16.7 Å². The molecule has 3 nitrogen and oxygen atoms in total. The summed E-state index contributed by atoms with van der Waals surface area (Å²) in [6.07, 6.45) is 1.91. The van der Waals surface area contributed by atoms with E-state index in [1.165, 1.54) is 0 Å². The fraction of sp³-hybridized carbons (Fsp3) is 0.250. The van der Waals surface area contributed by atoms with Crippen LogP contribution in [-0.4, -0.2) is 14.6 Å². The molecule has 0 aliphatic rings. The summed E-state index contributed by atoms with van der Waals surface area (Å²) in [7, 11) is 0.